The summed E-state index contributed by atoms with van der Waals surface area (Å²) in [5.74, 6) is -0.909. The molecule has 1 fully saturated rings. The maximum absolute atomic E-state index is 12.5. The molecule has 30 heavy (non-hydrogen) atoms. The number of carbonyl (C=O) groups excluding carboxylic acids is 1. The van der Waals surface area contributed by atoms with E-state index in [1.807, 2.05) is 27.5 Å². The van der Waals surface area contributed by atoms with Gasteiger partial charge in [0.2, 0.25) is 10.0 Å². The predicted octanol–water partition coefficient (Wildman–Crippen LogP) is 2.17. The minimum Gasteiger partial charge on any atom is -0.351 e. The van der Waals surface area contributed by atoms with Gasteiger partial charge < -0.3 is 9.13 Å². The SMILES string of the molecule is Cc1cn(CC2(n3ccc4cccnc43)CCCC2)cc(C(=O)NS(C)(=O)=O)c1=O. The fourth-order valence-corrected chi connectivity index (χ4v) is 4.90. The lowest BCUT2D eigenvalue weighted by atomic mass is 9.96. The monoisotopic (exact) mass is 428 g/mol. The van der Waals surface area contributed by atoms with Crippen LogP contribution in [0.25, 0.3) is 11.0 Å². The molecular weight excluding hydrogens is 404 g/mol. The van der Waals surface area contributed by atoms with Crippen molar-refractivity contribution in [3.05, 3.63) is 64.3 Å². The van der Waals surface area contributed by atoms with Crippen molar-refractivity contribution in [2.45, 2.75) is 44.7 Å². The number of amides is 1. The first-order valence-corrected chi connectivity index (χ1v) is 11.7. The number of rotatable bonds is 5. The van der Waals surface area contributed by atoms with E-state index >= 15 is 0 Å². The summed E-state index contributed by atoms with van der Waals surface area (Å²) in [6.07, 6.45) is 11.9. The van der Waals surface area contributed by atoms with Gasteiger partial charge in [0.15, 0.2) is 5.43 Å². The topological polar surface area (TPSA) is 103 Å². The number of aryl methyl sites for hydroxylation is 1. The van der Waals surface area contributed by atoms with Crippen LogP contribution in [0.2, 0.25) is 0 Å². The Morgan fingerprint density at radius 1 is 1.23 bits per heavy atom. The van der Waals surface area contributed by atoms with Crippen LogP contribution in [0.15, 0.2) is 47.8 Å². The summed E-state index contributed by atoms with van der Waals surface area (Å²) in [5.41, 5.74) is 0.416. The summed E-state index contributed by atoms with van der Waals surface area (Å²) in [4.78, 5) is 29.4. The Bertz CT molecular complexity index is 1280. The van der Waals surface area contributed by atoms with Crippen molar-refractivity contribution in [2.75, 3.05) is 6.26 Å². The van der Waals surface area contributed by atoms with E-state index < -0.39 is 21.4 Å². The van der Waals surface area contributed by atoms with Gasteiger partial charge in [-0.25, -0.2) is 18.1 Å². The molecule has 1 saturated carbocycles. The number of fused-ring (bicyclic) bond motifs is 1. The molecule has 0 radical (unpaired) electrons. The second-order valence-electron chi connectivity index (χ2n) is 8.09. The van der Waals surface area contributed by atoms with E-state index in [0.717, 1.165) is 43.0 Å². The standard InChI is InChI=1S/C21H24N4O4S/c1-15-12-24(13-17(18(15)26)20(27)23-30(2,28)29)14-21(8-3-4-9-21)25-11-7-16-6-5-10-22-19(16)25/h5-7,10-13H,3-4,8-9,14H2,1-2H3,(H,23,27). The quantitative estimate of drug-likeness (QED) is 0.671. The number of hydrogen-bond acceptors (Lipinski definition) is 5. The van der Waals surface area contributed by atoms with Gasteiger partial charge in [0.1, 0.15) is 11.2 Å². The van der Waals surface area contributed by atoms with E-state index in [9.17, 15) is 18.0 Å². The predicted molar refractivity (Wildman–Crippen MR) is 114 cm³/mol. The third-order valence-corrected chi connectivity index (χ3v) is 6.31. The molecule has 158 valence electrons. The van der Waals surface area contributed by atoms with E-state index in [4.69, 9.17) is 0 Å². The largest absolute Gasteiger partial charge is 0.351 e. The van der Waals surface area contributed by atoms with Crippen LogP contribution in [-0.4, -0.2) is 34.7 Å². The molecule has 0 aromatic carbocycles. The van der Waals surface area contributed by atoms with Gasteiger partial charge >= 0.3 is 0 Å². The van der Waals surface area contributed by atoms with Crippen molar-refractivity contribution in [2.24, 2.45) is 0 Å². The molecule has 4 rings (SSSR count). The summed E-state index contributed by atoms with van der Waals surface area (Å²) in [5, 5.41) is 1.06. The second-order valence-corrected chi connectivity index (χ2v) is 9.84. The van der Waals surface area contributed by atoms with Gasteiger partial charge in [-0.05, 0) is 38.0 Å². The molecule has 0 bridgehead atoms. The van der Waals surface area contributed by atoms with Gasteiger partial charge in [-0.15, -0.1) is 0 Å². The highest BCUT2D eigenvalue weighted by molar-refractivity contribution is 7.89. The van der Waals surface area contributed by atoms with Gasteiger partial charge in [0, 0.05) is 42.3 Å². The van der Waals surface area contributed by atoms with E-state index in [2.05, 4.69) is 15.7 Å². The van der Waals surface area contributed by atoms with Gasteiger partial charge in [0.25, 0.3) is 5.91 Å². The average Bonchev–Trinajstić information content (AvgIpc) is 3.30. The molecule has 0 atom stereocenters. The highest BCUT2D eigenvalue weighted by Gasteiger charge is 2.37. The molecule has 1 aliphatic carbocycles. The molecule has 3 heterocycles. The van der Waals surface area contributed by atoms with Crippen molar-refractivity contribution in [1.82, 2.24) is 18.8 Å². The molecule has 1 N–H and O–H groups in total. The highest BCUT2D eigenvalue weighted by Crippen LogP contribution is 2.40. The molecule has 1 aliphatic rings. The third-order valence-electron chi connectivity index (χ3n) is 5.75. The fourth-order valence-electron chi connectivity index (χ4n) is 4.46. The Labute approximate surface area is 174 Å². The molecule has 0 spiro atoms. The van der Waals surface area contributed by atoms with Gasteiger partial charge in [-0.3, -0.25) is 9.59 Å². The normalized spacial score (nSPS) is 16.1. The maximum atomic E-state index is 12.5. The zero-order chi connectivity index (χ0) is 21.5. The molecule has 3 aromatic rings. The summed E-state index contributed by atoms with van der Waals surface area (Å²) in [6.45, 7) is 2.18. The number of carbonyl (C=O) groups is 1. The van der Waals surface area contributed by atoms with Crippen LogP contribution in [0.1, 0.15) is 41.6 Å². The Balaban J connectivity index is 1.77. The summed E-state index contributed by atoms with van der Waals surface area (Å²) in [7, 11) is -3.77. The molecule has 8 nitrogen and oxygen atoms in total. The molecule has 3 aromatic heterocycles. The van der Waals surface area contributed by atoms with Gasteiger partial charge in [-0.2, -0.15) is 0 Å². The van der Waals surface area contributed by atoms with Crippen LogP contribution in [0, 0.1) is 6.92 Å². The van der Waals surface area contributed by atoms with Crippen LogP contribution >= 0.6 is 0 Å². The number of aromatic nitrogens is 3. The minimum atomic E-state index is -3.77. The van der Waals surface area contributed by atoms with Crippen LogP contribution in [-0.2, 0) is 22.1 Å². The van der Waals surface area contributed by atoms with Gasteiger partial charge in [0.05, 0.1) is 11.8 Å². The molecule has 0 aliphatic heterocycles. The minimum absolute atomic E-state index is 0.177. The lowest BCUT2D eigenvalue weighted by Crippen LogP contribution is -2.37. The van der Waals surface area contributed by atoms with Crippen LogP contribution < -0.4 is 10.2 Å². The smallest absolute Gasteiger partial charge is 0.270 e. The van der Waals surface area contributed by atoms with E-state index in [-0.39, 0.29) is 11.1 Å². The van der Waals surface area contributed by atoms with Crippen molar-refractivity contribution >= 4 is 27.0 Å². The Kier molecular flexibility index (Phi) is 5.01. The van der Waals surface area contributed by atoms with Crippen molar-refractivity contribution in [3.63, 3.8) is 0 Å². The number of nitrogens with one attached hydrogen (secondary N) is 1. The van der Waals surface area contributed by atoms with Crippen molar-refractivity contribution in [3.8, 4) is 0 Å². The first-order valence-electron chi connectivity index (χ1n) is 9.84. The number of pyridine rings is 2. The highest BCUT2D eigenvalue weighted by atomic mass is 32.2. The summed E-state index contributed by atoms with van der Waals surface area (Å²) < 4.78 is 28.8. The van der Waals surface area contributed by atoms with Crippen LogP contribution in [0.3, 0.4) is 0 Å². The van der Waals surface area contributed by atoms with E-state index in [0.29, 0.717) is 12.1 Å². The molecule has 9 heteroatoms. The first-order chi connectivity index (χ1) is 14.2. The molecule has 0 saturated heterocycles. The Morgan fingerprint density at radius 2 is 1.97 bits per heavy atom. The molecule has 0 unspecified atom stereocenters. The zero-order valence-electron chi connectivity index (χ0n) is 17.0. The van der Waals surface area contributed by atoms with Crippen LogP contribution in [0.4, 0.5) is 0 Å². The van der Waals surface area contributed by atoms with E-state index in [1.165, 1.54) is 6.20 Å². The Hall–Kier alpha value is -2.94. The molecular formula is C21H24N4O4S. The van der Waals surface area contributed by atoms with Crippen molar-refractivity contribution < 1.29 is 13.2 Å². The second kappa shape index (κ2) is 7.39. The number of sulfonamides is 1. The fraction of sp³-hybridized carbons (Fsp3) is 0.381. The van der Waals surface area contributed by atoms with Gasteiger partial charge in [-0.1, -0.05) is 12.8 Å². The zero-order valence-corrected chi connectivity index (χ0v) is 17.8. The first kappa shape index (κ1) is 20.3. The summed E-state index contributed by atoms with van der Waals surface area (Å²) >= 11 is 0. The lowest BCUT2D eigenvalue weighted by molar-refractivity contribution is 0.0979. The lowest BCUT2D eigenvalue weighted by Gasteiger charge is -2.33. The Morgan fingerprint density at radius 3 is 2.67 bits per heavy atom. The van der Waals surface area contributed by atoms with Crippen molar-refractivity contribution in [1.29, 1.82) is 0 Å². The third kappa shape index (κ3) is 3.77. The number of hydrogen-bond donors (Lipinski definition) is 1. The average molecular weight is 429 g/mol. The summed E-state index contributed by atoms with van der Waals surface area (Å²) in [6, 6.07) is 5.98. The van der Waals surface area contributed by atoms with Crippen LogP contribution in [0.5, 0.6) is 0 Å². The maximum Gasteiger partial charge on any atom is 0.270 e. The van der Waals surface area contributed by atoms with E-state index in [1.54, 1.807) is 19.3 Å². The molecule has 1 amide bonds. The number of nitrogens with zero attached hydrogens (tertiary/aromatic N) is 3.